The molecule has 2 rings (SSSR count). The van der Waals surface area contributed by atoms with Crippen LogP contribution in [0.25, 0.3) is 0 Å². The Bertz CT molecular complexity index is 592. The van der Waals surface area contributed by atoms with E-state index in [4.69, 9.17) is 23.2 Å². The predicted molar refractivity (Wildman–Crippen MR) is 83.6 cm³/mol. The molecule has 7 heteroatoms. The molecule has 0 aliphatic heterocycles. The number of aromatic nitrogens is 2. The van der Waals surface area contributed by atoms with Crippen LogP contribution in [0.1, 0.15) is 6.92 Å². The molecule has 0 bridgehead atoms. The summed E-state index contributed by atoms with van der Waals surface area (Å²) in [5.41, 5.74) is 0.721. The van der Waals surface area contributed by atoms with Gasteiger partial charge in [0.05, 0.1) is 16.9 Å². The van der Waals surface area contributed by atoms with Crippen molar-refractivity contribution in [2.45, 2.75) is 6.92 Å². The molecule has 1 aromatic carbocycles. The normalized spacial score (nSPS) is 10.3. The molecule has 0 saturated heterocycles. The lowest BCUT2D eigenvalue weighted by Crippen LogP contribution is -2.04. The quantitative estimate of drug-likeness (QED) is 0.827. The molecule has 1 heterocycles. The minimum absolute atomic E-state index is 0.428. The minimum atomic E-state index is 0.428. The van der Waals surface area contributed by atoms with Gasteiger partial charge in [-0.15, -0.1) is 0 Å². The van der Waals surface area contributed by atoms with E-state index in [2.05, 4.69) is 36.5 Å². The Hall–Kier alpha value is -1.04. The molecule has 2 N–H and O–H groups in total. The Morgan fingerprint density at radius 3 is 2.79 bits per heavy atom. The largest absolute Gasteiger partial charge is 0.354 e. The van der Waals surface area contributed by atoms with Gasteiger partial charge in [0.15, 0.2) is 5.82 Å². The van der Waals surface area contributed by atoms with Crippen molar-refractivity contribution in [3.63, 3.8) is 0 Å². The van der Waals surface area contributed by atoms with Gasteiger partial charge in [-0.05, 0) is 25.1 Å². The predicted octanol–water partition coefficient (Wildman–Crippen LogP) is 4.72. The second kappa shape index (κ2) is 6.41. The zero-order valence-corrected chi connectivity index (χ0v) is 13.1. The highest BCUT2D eigenvalue weighted by molar-refractivity contribution is 9.10. The van der Waals surface area contributed by atoms with Crippen molar-refractivity contribution < 1.29 is 0 Å². The molecule has 4 nitrogen and oxygen atoms in total. The molecule has 0 saturated carbocycles. The highest BCUT2D eigenvalue weighted by Gasteiger charge is 2.08. The molecule has 0 aliphatic rings. The lowest BCUT2D eigenvalue weighted by Gasteiger charge is -2.11. The van der Waals surface area contributed by atoms with Crippen molar-refractivity contribution in [2.24, 2.45) is 0 Å². The molecule has 0 amide bonds. The Morgan fingerprint density at radius 1 is 1.26 bits per heavy atom. The molecule has 0 fully saturated rings. The van der Waals surface area contributed by atoms with E-state index in [0.717, 1.165) is 16.7 Å². The molecule has 1 aromatic heterocycles. The van der Waals surface area contributed by atoms with Gasteiger partial charge in [0, 0.05) is 11.0 Å². The summed E-state index contributed by atoms with van der Waals surface area (Å²) in [5.74, 6) is 1.02. The van der Waals surface area contributed by atoms with Gasteiger partial charge in [-0.1, -0.05) is 39.1 Å². The smallest absolute Gasteiger partial charge is 0.224 e. The number of halogens is 3. The summed E-state index contributed by atoms with van der Waals surface area (Å²) in [6.45, 7) is 2.70. The number of anilines is 3. The fourth-order valence-corrected chi connectivity index (χ4v) is 2.08. The van der Waals surface area contributed by atoms with Crippen molar-refractivity contribution >= 4 is 56.6 Å². The topological polar surface area (TPSA) is 49.8 Å². The van der Waals surface area contributed by atoms with E-state index in [0.29, 0.717) is 21.8 Å². The maximum atomic E-state index is 6.11. The van der Waals surface area contributed by atoms with Crippen molar-refractivity contribution in [1.29, 1.82) is 0 Å². The first-order valence-electron chi connectivity index (χ1n) is 5.58. The fourth-order valence-electron chi connectivity index (χ4n) is 1.42. The van der Waals surface area contributed by atoms with E-state index in [1.165, 1.54) is 0 Å². The molecular weight excluding hydrogens is 351 g/mol. The Labute approximate surface area is 129 Å². The van der Waals surface area contributed by atoms with Crippen LogP contribution in [-0.4, -0.2) is 16.5 Å². The van der Waals surface area contributed by atoms with Gasteiger partial charge >= 0.3 is 0 Å². The monoisotopic (exact) mass is 360 g/mol. The van der Waals surface area contributed by atoms with Gasteiger partial charge < -0.3 is 10.6 Å². The lowest BCUT2D eigenvalue weighted by molar-refractivity contribution is 1.09. The van der Waals surface area contributed by atoms with Crippen LogP contribution in [0.5, 0.6) is 0 Å². The van der Waals surface area contributed by atoms with Gasteiger partial charge in [-0.3, -0.25) is 0 Å². The minimum Gasteiger partial charge on any atom is -0.354 e. The lowest BCUT2D eigenvalue weighted by atomic mass is 10.3. The van der Waals surface area contributed by atoms with E-state index >= 15 is 0 Å². The summed E-state index contributed by atoms with van der Waals surface area (Å²) in [7, 11) is 0. The molecule has 0 spiro atoms. The fraction of sp³-hybridized carbons (Fsp3) is 0.167. The summed E-state index contributed by atoms with van der Waals surface area (Å²) in [5, 5.41) is 7.13. The van der Waals surface area contributed by atoms with Gasteiger partial charge in [0.2, 0.25) is 5.95 Å². The van der Waals surface area contributed by atoms with Crippen molar-refractivity contribution in [1.82, 2.24) is 9.97 Å². The molecule has 19 heavy (non-hydrogen) atoms. The molecule has 100 valence electrons. The van der Waals surface area contributed by atoms with Crippen molar-refractivity contribution in [3.8, 4) is 0 Å². The number of benzene rings is 1. The molecular formula is C12H11BrCl2N4. The SMILES string of the molecule is CCNc1ncc(Cl)c(Nc2cc(Br)ccc2Cl)n1. The van der Waals surface area contributed by atoms with Gasteiger partial charge in [-0.25, -0.2) is 4.98 Å². The highest BCUT2D eigenvalue weighted by Crippen LogP contribution is 2.30. The standard InChI is InChI=1S/C12H11BrCl2N4/c1-2-16-12-17-6-9(15)11(19-12)18-10-5-7(13)3-4-8(10)14/h3-6H,2H2,1H3,(H2,16,17,18,19). The van der Waals surface area contributed by atoms with Crippen LogP contribution in [0.4, 0.5) is 17.5 Å². The third kappa shape index (κ3) is 3.72. The molecule has 0 unspecified atom stereocenters. The summed E-state index contributed by atoms with van der Waals surface area (Å²) in [6.07, 6.45) is 1.54. The average molecular weight is 362 g/mol. The van der Waals surface area contributed by atoms with E-state index in [-0.39, 0.29) is 0 Å². The van der Waals surface area contributed by atoms with Gasteiger partial charge in [0.1, 0.15) is 5.02 Å². The zero-order chi connectivity index (χ0) is 13.8. The van der Waals surface area contributed by atoms with E-state index in [1.54, 1.807) is 12.3 Å². The Morgan fingerprint density at radius 2 is 2.05 bits per heavy atom. The highest BCUT2D eigenvalue weighted by atomic mass is 79.9. The summed E-state index contributed by atoms with van der Waals surface area (Å²) >= 11 is 15.6. The number of nitrogens with one attached hydrogen (secondary N) is 2. The Balaban J connectivity index is 2.31. The molecule has 0 aliphatic carbocycles. The first-order valence-corrected chi connectivity index (χ1v) is 7.13. The molecule has 0 atom stereocenters. The molecule has 0 radical (unpaired) electrons. The summed E-state index contributed by atoms with van der Waals surface area (Å²) < 4.78 is 0.913. The number of hydrogen-bond donors (Lipinski definition) is 2. The second-order valence-corrected chi connectivity index (χ2v) is 5.40. The van der Waals surface area contributed by atoms with Crippen LogP contribution in [0.15, 0.2) is 28.9 Å². The van der Waals surface area contributed by atoms with Crippen LogP contribution in [0.3, 0.4) is 0 Å². The van der Waals surface area contributed by atoms with Gasteiger partial charge in [-0.2, -0.15) is 4.98 Å². The van der Waals surface area contributed by atoms with Crippen LogP contribution in [-0.2, 0) is 0 Å². The van der Waals surface area contributed by atoms with Crippen LogP contribution in [0.2, 0.25) is 10.0 Å². The summed E-state index contributed by atoms with van der Waals surface area (Å²) in [4.78, 5) is 8.36. The number of rotatable bonds is 4. The van der Waals surface area contributed by atoms with E-state index in [9.17, 15) is 0 Å². The second-order valence-electron chi connectivity index (χ2n) is 3.67. The van der Waals surface area contributed by atoms with Crippen molar-refractivity contribution in [2.75, 3.05) is 17.2 Å². The average Bonchev–Trinajstić information content (AvgIpc) is 2.38. The van der Waals surface area contributed by atoms with Crippen LogP contribution in [0, 0.1) is 0 Å². The van der Waals surface area contributed by atoms with Crippen molar-refractivity contribution in [3.05, 3.63) is 38.9 Å². The maximum Gasteiger partial charge on any atom is 0.224 e. The molecule has 2 aromatic rings. The summed E-state index contributed by atoms with van der Waals surface area (Å²) in [6, 6.07) is 5.50. The maximum absolute atomic E-state index is 6.11. The first kappa shape index (κ1) is 14.4. The van der Waals surface area contributed by atoms with E-state index < -0.39 is 0 Å². The van der Waals surface area contributed by atoms with Crippen LogP contribution >= 0.6 is 39.1 Å². The third-order valence-corrected chi connectivity index (χ3v) is 3.36. The van der Waals surface area contributed by atoms with E-state index in [1.807, 2.05) is 19.1 Å². The first-order chi connectivity index (χ1) is 9.10. The van der Waals surface area contributed by atoms with Crippen LogP contribution < -0.4 is 10.6 Å². The van der Waals surface area contributed by atoms with Gasteiger partial charge in [0.25, 0.3) is 0 Å². The third-order valence-electron chi connectivity index (χ3n) is 2.26. The number of nitrogens with zero attached hydrogens (tertiary/aromatic N) is 2. The zero-order valence-electron chi connectivity index (χ0n) is 10.0. The Kier molecular flexibility index (Phi) is 4.85. The number of hydrogen-bond acceptors (Lipinski definition) is 4.